The fraction of sp³-hybridized carbons (Fsp3) is 0.722. The number of nitrogen functional groups attached to an aromatic ring is 1. The van der Waals surface area contributed by atoms with Crippen molar-refractivity contribution in [1.29, 1.82) is 0 Å². The quantitative estimate of drug-likeness (QED) is 0.636. The molecule has 0 radical (unpaired) electrons. The first-order valence-electron chi connectivity index (χ1n) is 10.1. The van der Waals surface area contributed by atoms with Crippen LogP contribution in [0, 0.1) is 0 Å². The van der Waals surface area contributed by atoms with Crippen molar-refractivity contribution in [3.05, 3.63) is 12.7 Å². The van der Waals surface area contributed by atoms with E-state index in [0.717, 1.165) is 0 Å². The molecule has 3 N–H and O–H groups in total. The molecule has 3 aliphatic heterocycles. The summed E-state index contributed by atoms with van der Waals surface area (Å²) in [5.41, 5.74) is 7.05. The first-order chi connectivity index (χ1) is 13.5. The minimum Gasteiger partial charge on any atom is -0.394 e. The van der Waals surface area contributed by atoms with E-state index in [1.807, 2.05) is 0 Å². The zero-order valence-corrected chi connectivity index (χ0v) is 20.0. The largest absolute Gasteiger partial charge is 0.394 e. The average molecular weight is 436 g/mol. The van der Waals surface area contributed by atoms with Crippen molar-refractivity contribution >= 4 is 35.1 Å². The smallest absolute Gasteiger partial charge is 0.327 e. The molecule has 3 aliphatic rings. The van der Waals surface area contributed by atoms with Gasteiger partial charge in [-0.3, -0.25) is 4.57 Å². The highest BCUT2D eigenvalue weighted by Crippen LogP contribution is 2.64. The maximum absolute atomic E-state index is 11.4. The van der Waals surface area contributed by atoms with E-state index >= 15 is 0 Å². The van der Waals surface area contributed by atoms with Gasteiger partial charge in [0.25, 0.3) is 0 Å². The third-order valence-electron chi connectivity index (χ3n) is 6.34. The Bertz CT molecular complexity index is 973. The van der Waals surface area contributed by atoms with Gasteiger partial charge in [0.05, 0.1) is 12.1 Å². The highest BCUT2D eigenvalue weighted by atomic mass is 28.3. The first-order valence-corrected chi connectivity index (χ1v) is 13.4. The van der Waals surface area contributed by atoms with Gasteiger partial charge in [-0.05, 0) is 5.04 Å². The van der Waals surface area contributed by atoms with Gasteiger partial charge in [0, 0.05) is 5.04 Å². The summed E-state index contributed by atoms with van der Waals surface area (Å²) in [5, 5.41) is 10.9. The van der Waals surface area contributed by atoms with E-state index in [0.29, 0.717) is 17.0 Å². The molecule has 7 atom stereocenters. The lowest BCUT2D eigenvalue weighted by Gasteiger charge is -2.37. The molecule has 5 heterocycles. The lowest BCUT2D eigenvalue weighted by atomic mass is 10.1. The van der Waals surface area contributed by atoms with Gasteiger partial charge in [-0.1, -0.05) is 41.5 Å². The van der Waals surface area contributed by atoms with Gasteiger partial charge in [-0.25, -0.2) is 15.0 Å². The van der Waals surface area contributed by atoms with Crippen LogP contribution in [0.1, 0.15) is 47.8 Å². The van der Waals surface area contributed by atoms with Gasteiger partial charge < -0.3 is 24.4 Å². The van der Waals surface area contributed by atoms with Crippen LogP contribution < -0.4 is 5.73 Å². The molecule has 9 nitrogen and oxygen atoms in total. The molecule has 0 aromatic carbocycles. The molecule has 1 spiro atoms. The summed E-state index contributed by atoms with van der Waals surface area (Å²) in [4.78, 5) is 12.7. The molecule has 3 saturated heterocycles. The van der Waals surface area contributed by atoms with E-state index in [1.54, 1.807) is 10.9 Å². The summed E-state index contributed by atoms with van der Waals surface area (Å²) in [6.45, 7) is 13.2. The Morgan fingerprint density at radius 3 is 2.48 bits per heavy atom. The lowest BCUT2D eigenvalue weighted by molar-refractivity contribution is -0.0721. The summed E-state index contributed by atoms with van der Waals surface area (Å²) in [5.74, 6) is 0.308. The van der Waals surface area contributed by atoms with Crippen molar-refractivity contribution in [2.24, 2.45) is 0 Å². The van der Waals surface area contributed by atoms with Crippen LogP contribution in [-0.2, 0) is 13.6 Å². The van der Waals surface area contributed by atoms with Crippen molar-refractivity contribution in [2.75, 3.05) is 5.73 Å². The number of anilines is 1. The molecule has 0 amide bonds. The normalized spacial score (nSPS) is 39.4. The fourth-order valence-corrected chi connectivity index (χ4v) is 13.0. The fourth-order valence-electron chi connectivity index (χ4n) is 5.08. The second-order valence-electron chi connectivity index (χ2n) is 10.6. The molecule has 11 heteroatoms. The molecule has 0 bridgehead atoms. The zero-order chi connectivity index (χ0) is 20.9. The number of aliphatic hydroxyl groups is 1. The highest BCUT2D eigenvalue weighted by Gasteiger charge is 2.83. The molecule has 3 unspecified atom stereocenters. The molecule has 2 aromatic heterocycles. The topological polar surface area (TPSA) is 118 Å². The maximum Gasteiger partial charge on any atom is 0.327 e. The van der Waals surface area contributed by atoms with E-state index < -0.39 is 35.6 Å². The second kappa shape index (κ2) is 5.86. The minimum atomic E-state index is -2.00. The van der Waals surface area contributed by atoms with E-state index in [4.69, 9.17) is 19.3 Å². The standard InChI is InChI=1S/C18H29N5O4Si2/c1-16(2,3)28-15-18(28)11(26-29(27-15)17(4,5)6)10(24)14(25-18)23-8-22-9-12(19)20-7-21-13(9)23/h7-8,10-11,14-15,24,28-29H,1-6H3,(H2,19,20,21)/t10-,11+,14-,15?,18-,28?,29?/m1/s1. The third-order valence-corrected chi connectivity index (χ3v) is 13.7. The molecular weight excluding hydrogens is 406 g/mol. The van der Waals surface area contributed by atoms with Crippen molar-refractivity contribution in [1.82, 2.24) is 19.5 Å². The number of imidazole rings is 1. The van der Waals surface area contributed by atoms with Gasteiger partial charge in [0.15, 0.2) is 17.7 Å². The van der Waals surface area contributed by atoms with Crippen LogP contribution >= 0.6 is 0 Å². The number of rotatable bonds is 1. The Morgan fingerprint density at radius 2 is 1.83 bits per heavy atom. The first kappa shape index (κ1) is 19.6. The van der Waals surface area contributed by atoms with Gasteiger partial charge >= 0.3 is 9.28 Å². The van der Waals surface area contributed by atoms with Crippen LogP contribution in [0.25, 0.3) is 11.2 Å². The number of hydrogen-bond acceptors (Lipinski definition) is 8. The van der Waals surface area contributed by atoms with Gasteiger partial charge in [0.1, 0.15) is 38.1 Å². The molecule has 5 rings (SSSR count). The summed E-state index contributed by atoms with van der Waals surface area (Å²) in [6, 6.07) is 0. The van der Waals surface area contributed by atoms with Gasteiger partial charge in [-0.2, -0.15) is 0 Å². The predicted octanol–water partition coefficient (Wildman–Crippen LogP) is 0.961. The van der Waals surface area contributed by atoms with E-state index in [-0.39, 0.29) is 21.9 Å². The maximum atomic E-state index is 11.4. The Kier molecular flexibility index (Phi) is 3.96. The number of ether oxygens (including phenoxy) is 1. The average Bonchev–Trinajstić information content (AvgIpc) is 2.93. The number of nitrogens with zero attached hydrogens (tertiary/aromatic N) is 4. The van der Waals surface area contributed by atoms with Crippen molar-refractivity contribution < 1.29 is 18.7 Å². The number of aromatic nitrogens is 4. The van der Waals surface area contributed by atoms with Crippen LogP contribution in [0.3, 0.4) is 0 Å². The Hall–Kier alpha value is -1.38. The van der Waals surface area contributed by atoms with Crippen molar-refractivity contribution in [3.8, 4) is 0 Å². The van der Waals surface area contributed by atoms with Gasteiger partial charge in [0.2, 0.25) is 0 Å². The Morgan fingerprint density at radius 1 is 1.10 bits per heavy atom. The van der Waals surface area contributed by atoms with Crippen LogP contribution in [0.5, 0.6) is 0 Å². The molecular formula is C18H29N5O4Si2. The summed E-state index contributed by atoms with van der Waals surface area (Å²) >= 11 is 0. The summed E-state index contributed by atoms with van der Waals surface area (Å²) in [7, 11) is -3.56. The molecule has 0 aliphatic carbocycles. The van der Waals surface area contributed by atoms with Crippen LogP contribution in [0.4, 0.5) is 5.82 Å². The highest BCUT2D eigenvalue weighted by molar-refractivity contribution is 6.80. The summed E-state index contributed by atoms with van der Waals surface area (Å²) < 4.78 is 21.5. The molecule has 2 aromatic rings. The molecule has 29 heavy (non-hydrogen) atoms. The SMILES string of the molecule is CC(C)(C)[SiH]1OC2[SiH](C(C)(C)C)[C@@]23O[C@@H](n2cnc4c(N)ncnc42)[C@H](O)[C@@H]3O1. The number of hydrogen-bond donors (Lipinski definition) is 2. The number of nitrogens with two attached hydrogens (primary N) is 1. The monoisotopic (exact) mass is 435 g/mol. The Labute approximate surface area is 173 Å². The molecule has 0 saturated carbocycles. The number of aliphatic hydroxyl groups excluding tert-OH is 1. The Balaban J connectivity index is 1.57. The number of fused-ring (bicyclic) bond motifs is 1. The van der Waals surface area contributed by atoms with Crippen LogP contribution in [0.15, 0.2) is 12.7 Å². The van der Waals surface area contributed by atoms with Crippen LogP contribution in [-0.4, -0.2) is 65.9 Å². The van der Waals surface area contributed by atoms with Crippen molar-refractivity contribution in [2.45, 2.75) is 81.0 Å². The predicted molar refractivity (Wildman–Crippen MR) is 112 cm³/mol. The third kappa shape index (κ3) is 2.61. The molecule has 3 fully saturated rings. The van der Waals surface area contributed by atoms with Crippen LogP contribution in [0.2, 0.25) is 10.1 Å². The summed E-state index contributed by atoms with van der Waals surface area (Å²) in [6.07, 6.45) is 1.17. The molecule has 158 valence electrons. The minimum absolute atomic E-state index is 0.0614. The van der Waals surface area contributed by atoms with E-state index in [2.05, 4.69) is 56.5 Å². The lowest BCUT2D eigenvalue weighted by Crippen LogP contribution is -2.51. The second-order valence-corrected chi connectivity index (χ2v) is 17.7. The van der Waals surface area contributed by atoms with Crippen molar-refractivity contribution in [3.63, 3.8) is 0 Å². The zero-order valence-electron chi connectivity index (χ0n) is 17.7. The van der Waals surface area contributed by atoms with E-state index in [1.165, 1.54) is 6.33 Å². The van der Waals surface area contributed by atoms with Gasteiger partial charge in [-0.15, -0.1) is 0 Å². The van der Waals surface area contributed by atoms with E-state index in [9.17, 15) is 5.11 Å².